The Hall–Kier alpha value is -1.01. The molecule has 0 unspecified atom stereocenters. The van der Waals surface area contributed by atoms with Gasteiger partial charge < -0.3 is 5.32 Å². The van der Waals surface area contributed by atoms with E-state index in [1.807, 2.05) is 13.8 Å². The smallest absolute Gasteiger partial charge is 0.251 e. The fraction of sp³-hybridized carbons (Fsp3) is 0.667. The van der Waals surface area contributed by atoms with Gasteiger partial charge in [0, 0.05) is 12.1 Å². The van der Waals surface area contributed by atoms with Crippen LogP contribution in [0.1, 0.15) is 46.0 Å². The van der Waals surface area contributed by atoms with E-state index in [1.54, 1.807) is 0 Å². The van der Waals surface area contributed by atoms with Gasteiger partial charge in [0.1, 0.15) is 0 Å². The fourth-order valence-electron chi connectivity index (χ4n) is 1.70. The average molecular weight is 193 g/mol. The monoisotopic (exact) mass is 193 g/mol. The maximum absolute atomic E-state index is 11.4. The lowest BCUT2D eigenvalue weighted by molar-refractivity contribution is -0.117. The SMILES string of the molecule is CC(C)=C=CC(=O)NC1CCCCC1. The van der Waals surface area contributed by atoms with Crippen LogP contribution in [0.3, 0.4) is 0 Å². The maximum atomic E-state index is 11.4. The van der Waals surface area contributed by atoms with E-state index in [4.69, 9.17) is 0 Å². The summed E-state index contributed by atoms with van der Waals surface area (Å²) in [6.07, 6.45) is 7.58. The molecular formula is C12H19NO. The van der Waals surface area contributed by atoms with Crippen LogP contribution in [0.25, 0.3) is 0 Å². The lowest BCUT2D eigenvalue weighted by Gasteiger charge is -2.21. The molecule has 1 saturated carbocycles. The van der Waals surface area contributed by atoms with E-state index in [1.165, 1.54) is 25.3 Å². The van der Waals surface area contributed by atoms with Crippen LogP contribution in [0.5, 0.6) is 0 Å². The van der Waals surface area contributed by atoms with Crippen molar-refractivity contribution in [2.45, 2.75) is 52.0 Å². The highest BCUT2D eigenvalue weighted by molar-refractivity contribution is 5.87. The molecule has 1 fully saturated rings. The van der Waals surface area contributed by atoms with Gasteiger partial charge in [0.2, 0.25) is 0 Å². The number of rotatable bonds is 2. The second-order valence-electron chi connectivity index (χ2n) is 4.13. The molecule has 0 bridgehead atoms. The number of hydrogen-bond donors (Lipinski definition) is 1. The fourth-order valence-corrected chi connectivity index (χ4v) is 1.70. The average Bonchev–Trinajstić information content (AvgIpc) is 2.16. The first-order valence-electron chi connectivity index (χ1n) is 5.39. The molecule has 0 aromatic carbocycles. The topological polar surface area (TPSA) is 29.1 Å². The second kappa shape index (κ2) is 5.66. The molecule has 0 radical (unpaired) electrons. The zero-order valence-electron chi connectivity index (χ0n) is 9.10. The summed E-state index contributed by atoms with van der Waals surface area (Å²) >= 11 is 0. The van der Waals surface area contributed by atoms with Gasteiger partial charge in [-0.3, -0.25) is 4.79 Å². The van der Waals surface area contributed by atoms with Gasteiger partial charge in [0.15, 0.2) is 0 Å². The Labute approximate surface area is 86.1 Å². The quantitative estimate of drug-likeness (QED) is 0.530. The molecule has 0 heterocycles. The van der Waals surface area contributed by atoms with Gasteiger partial charge in [-0.1, -0.05) is 19.3 Å². The highest BCUT2D eigenvalue weighted by atomic mass is 16.1. The molecule has 0 aromatic rings. The number of hydrogen-bond acceptors (Lipinski definition) is 1. The number of carbonyl (C=O) groups is 1. The summed E-state index contributed by atoms with van der Waals surface area (Å²) in [5.41, 5.74) is 3.95. The van der Waals surface area contributed by atoms with Crippen molar-refractivity contribution in [2.24, 2.45) is 0 Å². The van der Waals surface area contributed by atoms with Gasteiger partial charge >= 0.3 is 0 Å². The van der Waals surface area contributed by atoms with Gasteiger partial charge in [0.05, 0.1) is 0 Å². The highest BCUT2D eigenvalue weighted by Crippen LogP contribution is 2.17. The van der Waals surface area contributed by atoms with E-state index in [0.29, 0.717) is 6.04 Å². The summed E-state index contributed by atoms with van der Waals surface area (Å²) in [4.78, 5) is 11.4. The van der Waals surface area contributed by atoms with Crippen LogP contribution in [0.15, 0.2) is 17.4 Å². The second-order valence-corrected chi connectivity index (χ2v) is 4.13. The van der Waals surface area contributed by atoms with Crippen molar-refractivity contribution in [3.8, 4) is 0 Å². The summed E-state index contributed by atoms with van der Waals surface area (Å²) in [7, 11) is 0. The van der Waals surface area contributed by atoms with Crippen LogP contribution in [0, 0.1) is 0 Å². The third-order valence-electron chi connectivity index (χ3n) is 2.44. The Morgan fingerprint density at radius 3 is 2.50 bits per heavy atom. The lowest BCUT2D eigenvalue weighted by Crippen LogP contribution is -2.34. The number of amides is 1. The van der Waals surface area contributed by atoms with Crippen LogP contribution in [0.4, 0.5) is 0 Å². The van der Waals surface area contributed by atoms with Gasteiger partial charge in [-0.15, -0.1) is 5.73 Å². The minimum absolute atomic E-state index is 0.00176. The molecule has 1 amide bonds. The van der Waals surface area contributed by atoms with E-state index < -0.39 is 0 Å². The number of nitrogens with one attached hydrogen (secondary N) is 1. The minimum Gasteiger partial charge on any atom is -0.349 e. The van der Waals surface area contributed by atoms with Crippen molar-refractivity contribution in [2.75, 3.05) is 0 Å². The molecule has 1 rings (SSSR count). The summed E-state index contributed by atoms with van der Waals surface area (Å²) in [5.74, 6) is -0.00176. The first-order chi connectivity index (χ1) is 6.68. The molecule has 0 aromatic heterocycles. The van der Waals surface area contributed by atoms with Crippen LogP contribution in [-0.2, 0) is 4.79 Å². The van der Waals surface area contributed by atoms with Gasteiger partial charge in [-0.2, -0.15) is 0 Å². The summed E-state index contributed by atoms with van der Waals surface area (Å²) in [5, 5.41) is 3.00. The minimum atomic E-state index is -0.00176. The molecule has 1 N–H and O–H groups in total. The van der Waals surface area contributed by atoms with Crippen molar-refractivity contribution in [1.82, 2.24) is 5.32 Å². The maximum Gasteiger partial charge on any atom is 0.251 e. The highest BCUT2D eigenvalue weighted by Gasteiger charge is 2.13. The van der Waals surface area contributed by atoms with E-state index >= 15 is 0 Å². The third-order valence-corrected chi connectivity index (χ3v) is 2.44. The van der Waals surface area contributed by atoms with Gasteiger partial charge in [-0.25, -0.2) is 0 Å². The summed E-state index contributed by atoms with van der Waals surface area (Å²) < 4.78 is 0. The van der Waals surface area contributed by atoms with Crippen molar-refractivity contribution >= 4 is 5.91 Å². The molecule has 1 aliphatic rings. The normalized spacial score (nSPS) is 17.0. The molecule has 0 spiro atoms. The van der Waals surface area contributed by atoms with Crippen LogP contribution in [-0.4, -0.2) is 11.9 Å². The first kappa shape index (κ1) is 11.1. The van der Waals surface area contributed by atoms with Crippen molar-refractivity contribution < 1.29 is 4.79 Å². The Kier molecular flexibility index (Phi) is 4.48. The third kappa shape index (κ3) is 4.29. The zero-order chi connectivity index (χ0) is 10.4. The molecule has 0 aliphatic heterocycles. The number of carbonyl (C=O) groups excluding carboxylic acids is 1. The Balaban J connectivity index is 2.36. The standard InChI is InChI=1S/C12H19NO/c1-10(2)8-9-12(14)13-11-6-4-3-5-7-11/h9,11H,3-7H2,1-2H3,(H,13,14). The molecular weight excluding hydrogens is 174 g/mol. The Bertz CT molecular complexity index is 251. The summed E-state index contributed by atoms with van der Waals surface area (Å²) in [6, 6.07) is 0.395. The Morgan fingerprint density at radius 1 is 1.29 bits per heavy atom. The van der Waals surface area contributed by atoms with Crippen LogP contribution in [0.2, 0.25) is 0 Å². The largest absolute Gasteiger partial charge is 0.349 e. The van der Waals surface area contributed by atoms with E-state index in [-0.39, 0.29) is 5.91 Å². The van der Waals surface area contributed by atoms with Crippen molar-refractivity contribution in [3.05, 3.63) is 17.4 Å². The van der Waals surface area contributed by atoms with Gasteiger partial charge in [-0.05, 0) is 32.3 Å². The molecule has 1 aliphatic carbocycles. The van der Waals surface area contributed by atoms with E-state index in [9.17, 15) is 4.79 Å². The van der Waals surface area contributed by atoms with E-state index in [0.717, 1.165) is 18.4 Å². The van der Waals surface area contributed by atoms with Crippen molar-refractivity contribution in [3.63, 3.8) is 0 Å². The van der Waals surface area contributed by atoms with Crippen molar-refractivity contribution in [1.29, 1.82) is 0 Å². The van der Waals surface area contributed by atoms with Gasteiger partial charge in [0.25, 0.3) is 5.91 Å². The first-order valence-corrected chi connectivity index (χ1v) is 5.39. The summed E-state index contributed by atoms with van der Waals surface area (Å²) in [6.45, 7) is 3.87. The zero-order valence-corrected chi connectivity index (χ0v) is 9.10. The molecule has 0 atom stereocenters. The molecule has 0 saturated heterocycles. The van der Waals surface area contributed by atoms with E-state index in [2.05, 4.69) is 11.0 Å². The molecule has 2 nitrogen and oxygen atoms in total. The molecule has 78 valence electrons. The molecule has 14 heavy (non-hydrogen) atoms. The predicted octanol–water partition coefficient (Wildman–Crippen LogP) is 2.56. The predicted molar refractivity (Wildman–Crippen MR) is 58.0 cm³/mol. The molecule has 2 heteroatoms. The van der Waals surface area contributed by atoms with Crippen LogP contribution >= 0.6 is 0 Å². The Morgan fingerprint density at radius 2 is 1.93 bits per heavy atom. The lowest BCUT2D eigenvalue weighted by atomic mass is 9.95. The van der Waals surface area contributed by atoms with Crippen LogP contribution < -0.4 is 5.32 Å².